The number of nitrogens with two attached hydrogens (primary N) is 1. The molecule has 0 radical (unpaired) electrons. The molecule has 0 atom stereocenters. The van der Waals surface area contributed by atoms with Gasteiger partial charge in [-0.3, -0.25) is 0 Å². The summed E-state index contributed by atoms with van der Waals surface area (Å²) < 4.78 is 0. The number of hydrazine groups is 1. The van der Waals surface area contributed by atoms with Crippen LogP contribution in [0, 0.1) is 0 Å². The second-order valence-corrected chi connectivity index (χ2v) is 3.76. The van der Waals surface area contributed by atoms with Crippen molar-refractivity contribution in [3.8, 4) is 0 Å². The zero-order chi connectivity index (χ0) is 10.2. The average Bonchev–Trinajstić information content (AvgIpc) is 2.14. The number of anilines is 2. The third-order valence-electron chi connectivity index (χ3n) is 2.19. The molecule has 0 spiro atoms. The van der Waals surface area contributed by atoms with Gasteiger partial charge in [0.05, 0.1) is 5.60 Å². The Bertz CT molecular complexity index is 332. The Kier molecular flexibility index (Phi) is 2.01. The molecule has 0 amide bonds. The normalized spacial score (nSPS) is 18.9. The maximum atomic E-state index is 9.55. The van der Waals surface area contributed by atoms with Crippen molar-refractivity contribution < 1.29 is 5.11 Å². The van der Waals surface area contributed by atoms with Crippen LogP contribution < -0.4 is 16.2 Å². The molecule has 6 nitrogen and oxygen atoms in total. The van der Waals surface area contributed by atoms with Crippen molar-refractivity contribution in [3.05, 3.63) is 12.4 Å². The third kappa shape index (κ3) is 1.61. The fourth-order valence-electron chi connectivity index (χ4n) is 1.54. The number of β-amino-alcohol motifs (C(OH)–C–C–N with tert-alkyl or cyclic N) is 1. The molecule has 1 aromatic heterocycles. The van der Waals surface area contributed by atoms with Crippen molar-refractivity contribution >= 4 is 11.6 Å². The van der Waals surface area contributed by atoms with Crippen LogP contribution in [0.3, 0.4) is 0 Å². The standard InChI is InChI=1S/C8H13N5O/c1-8(14)3-13(4-8)7-2-6(12-9)10-5-11-7/h2,5,14H,3-4,9H2,1H3,(H,10,11,12). The zero-order valence-electron chi connectivity index (χ0n) is 7.94. The number of nitrogen functional groups attached to an aromatic ring is 1. The minimum Gasteiger partial charge on any atom is -0.386 e. The topological polar surface area (TPSA) is 87.3 Å². The van der Waals surface area contributed by atoms with Crippen molar-refractivity contribution in [2.75, 3.05) is 23.4 Å². The molecule has 2 heterocycles. The lowest BCUT2D eigenvalue weighted by Crippen LogP contribution is -2.60. The van der Waals surface area contributed by atoms with Gasteiger partial charge in [0.25, 0.3) is 0 Å². The van der Waals surface area contributed by atoms with Crippen molar-refractivity contribution in [1.29, 1.82) is 0 Å². The quantitative estimate of drug-likeness (QED) is 0.428. The minimum absolute atomic E-state index is 0.571. The SMILES string of the molecule is CC1(O)CN(c2cc(NN)ncn2)C1. The molecule has 76 valence electrons. The van der Waals surface area contributed by atoms with Gasteiger partial charge in [0.1, 0.15) is 18.0 Å². The molecule has 1 aromatic rings. The van der Waals surface area contributed by atoms with Gasteiger partial charge in [0.2, 0.25) is 0 Å². The third-order valence-corrected chi connectivity index (χ3v) is 2.19. The lowest BCUT2D eigenvalue weighted by Gasteiger charge is -2.44. The van der Waals surface area contributed by atoms with Crippen LogP contribution in [0.25, 0.3) is 0 Å². The van der Waals surface area contributed by atoms with Crippen LogP contribution in [0.1, 0.15) is 6.92 Å². The summed E-state index contributed by atoms with van der Waals surface area (Å²) >= 11 is 0. The van der Waals surface area contributed by atoms with E-state index in [1.165, 1.54) is 6.33 Å². The average molecular weight is 195 g/mol. The second-order valence-electron chi connectivity index (χ2n) is 3.76. The molecule has 0 aromatic carbocycles. The maximum Gasteiger partial charge on any atom is 0.145 e. The van der Waals surface area contributed by atoms with Gasteiger partial charge in [-0.15, -0.1) is 0 Å². The molecule has 1 saturated heterocycles. The molecular formula is C8H13N5O. The van der Waals surface area contributed by atoms with E-state index in [9.17, 15) is 5.11 Å². The fraction of sp³-hybridized carbons (Fsp3) is 0.500. The van der Waals surface area contributed by atoms with Gasteiger partial charge in [-0.2, -0.15) is 0 Å². The highest BCUT2D eigenvalue weighted by atomic mass is 16.3. The molecule has 0 aliphatic carbocycles. The number of hydrogen-bond acceptors (Lipinski definition) is 6. The Balaban J connectivity index is 2.11. The maximum absolute atomic E-state index is 9.55. The van der Waals surface area contributed by atoms with Crippen LogP contribution in [-0.4, -0.2) is 33.8 Å². The van der Waals surface area contributed by atoms with E-state index in [2.05, 4.69) is 15.4 Å². The largest absolute Gasteiger partial charge is 0.386 e. The second kappa shape index (κ2) is 3.07. The Hall–Kier alpha value is -1.40. The zero-order valence-corrected chi connectivity index (χ0v) is 7.94. The highest BCUT2D eigenvalue weighted by molar-refractivity contribution is 5.50. The molecule has 0 unspecified atom stereocenters. The predicted octanol–water partition coefficient (Wildman–Crippen LogP) is -0.667. The first-order chi connectivity index (χ1) is 6.61. The molecule has 1 fully saturated rings. The molecule has 2 rings (SSSR count). The Labute approximate surface area is 81.7 Å². The molecule has 4 N–H and O–H groups in total. The van der Waals surface area contributed by atoms with Crippen LogP contribution in [0.5, 0.6) is 0 Å². The number of aromatic nitrogens is 2. The van der Waals surface area contributed by atoms with Gasteiger partial charge in [-0.1, -0.05) is 0 Å². The summed E-state index contributed by atoms with van der Waals surface area (Å²) in [4.78, 5) is 9.94. The molecule has 1 aliphatic rings. The van der Waals surface area contributed by atoms with E-state index in [1.54, 1.807) is 13.0 Å². The molecule has 0 bridgehead atoms. The predicted molar refractivity (Wildman–Crippen MR) is 52.7 cm³/mol. The Morgan fingerprint density at radius 3 is 2.86 bits per heavy atom. The summed E-state index contributed by atoms with van der Waals surface area (Å²) in [5, 5.41) is 9.55. The van der Waals surface area contributed by atoms with E-state index in [-0.39, 0.29) is 0 Å². The molecular weight excluding hydrogens is 182 g/mol. The number of aliphatic hydroxyl groups is 1. The van der Waals surface area contributed by atoms with E-state index in [0.717, 1.165) is 5.82 Å². The molecule has 1 aliphatic heterocycles. The van der Waals surface area contributed by atoms with Gasteiger partial charge >= 0.3 is 0 Å². The van der Waals surface area contributed by atoms with E-state index in [1.807, 2.05) is 4.90 Å². The first kappa shape index (κ1) is 9.17. The van der Waals surface area contributed by atoms with Crippen molar-refractivity contribution in [3.63, 3.8) is 0 Å². The van der Waals surface area contributed by atoms with Crippen molar-refractivity contribution in [2.24, 2.45) is 5.84 Å². The highest BCUT2D eigenvalue weighted by Crippen LogP contribution is 2.25. The monoisotopic (exact) mass is 195 g/mol. The lowest BCUT2D eigenvalue weighted by molar-refractivity contribution is 0.0305. The van der Waals surface area contributed by atoms with Gasteiger partial charge in [0, 0.05) is 19.2 Å². The van der Waals surface area contributed by atoms with Crippen LogP contribution in [0.2, 0.25) is 0 Å². The van der Waals surface area contributed by atoms with Crippen molar-refractivity contribution in [1.82, 2.24) is 9.97 Å². The van der Waals surface area contributed by atoms with E-state index in [4.69, 9.17) is 5.84 Å². The first-order valence-corrected chi connectivity index (χ1v) is 4.37. The summed E-state index contributed by atoms with van der Waals surface area (Å²) in [5.74, 6) is 6.57. The summed E-state index contributed by atoms with van der Waals surface area (Å²) in [6, 6.07) is 1.75. The van der Waals surface area contributed by atoms with Crippen LogP contribution >= 0.6 is 0 Å². The first-order valence-electron chi connectivity index (χ1n) is 4.37. The van der Waals surface area contributed by atoms with Crippen LogP contribution in [-0.2, 0) is 0 Å². The number of nitrogens with zero attached hydrogens (tertiary/aromatic N) is 3. The number of rotatable bonds is 2. The smallest absolute Gasteiger partial charge is 0.145 e. The van der Waals surface area contributed by atoms with Gasteiger partial charge in [0.15, 0.2) is 0 Å². The molecule has 0 saturated carbocycles. The van der Waals surface area contributed by atoms with E-state index >= 15 is 0 Å². The number of nitrogens with one attached hydrogen (secondary N) is 1. The van der Waals surface area contributed by atoms with Crippen LogP contribution in [0.15, 0.2) is 12.4 Å². The molecule has 14 heavy (non-hydrogen) atoms. The molecule has 6 heteroatoms. The minimum atomic E-state index is -0.596. The lowest BCUT2D eigenvalue weighted by atomic mass is 9.97. The Morgan fingerprint density at radius 1 is 1.57 bits per heavy atom. The fourth-order valence-corrected chi connectivity index (χ4v) is 1.54. The summed E-state index contributed by atoms with van der Waals surface area (Å²) in [7, 11) is 0. The summed E-state index contributed by atoms with van der Waals surface area (Å²) in [6.45, 7) is 2.98. The van der Waals surface area contributed by atoms with Gasteiger partial charge in [-0.25, -0.2) is 15.8 Å². The summed E-state index contributed by atoms with van der Waals surface area (Å²) in [6.07, 6.45) is 1.44. The summed E-state index contributed by atoms with van der Waals surface area (Å²) in [5.41, 5.74) is 1.85. The van der Waals surface area contributed by atoms with Crippen LogP contribution in [0.4, 0.5) is 11.6 Å². The van der Waals surface area contributed by atoms with Gasteiger partial charge < -0.3 is 15.4 Å². The van der Waals surface area contributed by atoms with E-state index < -0.39 is 5.60 Å². The van der Waals surface area contributed by atoms with Gasteiger partial charge in [-0.05, 0) is 6.92 Å². The highest BCUT2D eigenvalue weighted by Gasteiger charge is 2.37. The van der Waals surface area contributed by atoms with E-state index in [0.29, 0.717) is 18.9 Å². The number of hydrogen-bond donors (Lipinski definition) is 3. The van der Waals surface area contributed by atoms with Crippen molar-refractivity contribution in [2.45, 2.75) is 12.5 Å². The Morgan fingerprint density at radius 2 is 2.29 bits per heavy atom.